The Morgan fingerprint density at radius 1 is 1.30 bits per heavy atom. The fourth-order valence-corrected chi connectivity index (χ4v) is 4.58. The summed E-state index contributed by atoms with van der Waals surface area (Å²) in [5.74, 6) is -0.0691. The van der Waals surface area contributed by atoms with Crippen LogP contribution in [0, 0.1) is 0 Å². The lowest BCUT2D eigenvalue weighted by atomic mass is 10.0. The predicted molar refractivity (Wildman–Crippen MR) is 108 cm³/mol. The van der Waals surface area contributed by atoms with E-state index in [1.165, 1.54) is 23.4 Å². The molecule has 2 heterocycles. The average Bonchev–Trinajstić information content (AvgIpc) is 3.35. The molecule has 1 aromatic carbocycles. The molecule has 2 aromatic heterocycles. The summed E-state index contributed by atoms with van der Waals surface area (Å²) in [7, 11) is 0. The Hall–Kier alpha value is -2.47. The average molecular weight is 381 g/mol. The first kappa shape index (κ1) is 17.9. The summed E-state index contributed by atoms with van der Waals surface area (Å²) in [6, 6.07) is 7.61. The molecule has 0 saturated carbocycles. The maximum absolute atomic E-state index is 12.8. The van der Waals surface area contributed by atoms with Crippen LogP contribution in [0.4, 0.5) is 0 Å². The smallest absolute Gasteiger partial charge is 0.251 e. The van der Waals surface area contributed by atoms with Crippen molar-refractivity contribution in [3.05, 3.63) is 57.8 Å². The van der Waals surface area contributed by atoms with Gasteiger partial charge in [-0.2, -0.15) is 5.10 Å². The van der Waals surface area contributed by atoms with Crippen molar-refractivity contribution in [3.63, 3.8) is 0 Å². The second-order valence-corrected chi connectivity index (χ2v) is 8.10. The highest BCUT2D eigenvalue weighted by Crippen LogP contribution is 2.30. The molecule has 4 rings (SSSR count). The number of hydrogen-bond donors (Lipinski definition) is 1. The van der Waals surface area contributed by atoms with Gasteiger partial charge >= 0.3 is 0 Å². The van der Waals surface area contributed by atoms with Gasteiger partial charge < -0.3 is 5.32 Å². The fourth-order valence-electron chi connectivity index (χ4n) is 3.42. The van der Waals surface area contributed by atoms with Gasteiger partial charge in [-0.15, -0.1) is 11.3 Å². The molecule has 1 unspecified atom stereocenters. The monoisotopic (exact) mass is 380 g/mol. The minimum atomic E-state index is -0.0837. The van der Waals surface area contributed by atoms with E-state index in [1.807, 2.05) is 48.3 Å². The van der Waals surface area contributed by atoms with Crippen LogP contribution in [-0.4, -0.2) is 20.7 Å². The number of benzene rings is 1. The van der Waals surface area contributed by atoms with Crippen molar-refractivity contribution in [3.8, 4) is 11.1 Å². The van der Waals surface area contributed by atoms with E-state index in [2.05, 4.69) is 17.3 Å². The van der Waals surface area contributed by atoms with Gasteiger partial charge in [0.15, 0.2) is 0 Å². The zero-order valence-electron chi connectivity index (χ0n) is 15.7. The number of fused-ring (bicyclic) bond motifs is 1. The van der Waals surface area contributed by atoms with Crippen molar-refractivity contribution >= 4 is 17.2 Å². The van der Waals surface area contributed by atoms with E-state index in [0.717, 1.165) is 35.5 Å². The summed E-state index contributed by atoms with van der Waals surface area (Å²) in [5, 5.41) is 8.43. The summed E-state index contributed by atoms with van der Waals surface area (Å²) in [4.78, 5) is 18.9. The van der Waals surface area contributed by atoms with Gasteiger partial charge in [-0.1, -0.05) is 12.1 Å². The summed E-state index contributed by atoms with van der Waals surface area (Å²) in [6.45, 7) is 4.89. The molecule has 140 valence electrons. The molecule has 3 aromatic rings. The molecule has 1 aliphatic carbocycles. The van der Waals surface area contributed by atoms with E-state index in [4.69, 9.17) is 4.98 Å². The van der Waals surface area contributed by atoms with Crippen LogP contribution >= 0.6 is 11.3 Å². The first-order valence-corrected chi connectivity index (χ1v) is 10.4. The zero-order valence-corrected chi connectivity index (χ0v) is 16.6. The number of amides is 1. The Morgan fingerprint density at radius 2 is 2.15 bits per heavy atom. The van der Waals surface area contributed by atoms with Crippen LogP contribution in [0.3, 0.4) is 0 Å². The third kappa shape index (κ3) is 3.81. The van der Waals surface area contributed by atoms with Gasteiger partial charge in [-0.25, -0.2) is 4.98 Å². The van der Waals surface area contributed by atoms with Crippen molar-refractivity contribution in [2.75, 3.05) is 0 Å². The molecule has 27 heavy (non-hydrogen) atoms. The molecule has 0 bridgehead atoms. The molecule has 1 N–H and O–H groups in total. The van der Waals surface area contributed by atoms with Crippen LogP contribution < -0.4 is 5.32 Å². The molecule has 0 spiro atoms. The number of carbonyl (C=O) groups excluding carboxylic acids is 1. The Balaban J connectivity index is 1.49. The third-order valence-corrected chi connectivity index (χ3v) is 6.34. The van der Waals surface area contributed by atoms with Crippen molar-refractivity contribution in [2.45, 2.75) is 52.1 Å². The van der Waals surface area contributed by atoms with Gasteiger partial charge in [-0.3, -0.25) is 9.48 Å². The summed E-state index contributed by atoms with van der Waals surface area (Å²) >= 11 is 1.75. The lowest BCUT2D eigenvalue weighted by Gasteiger charge is -2.12. The van der Waals surface area contributed by atoms with Crippen LogP contribution in [0.15, 0.2) is 36.7 Å². The molecule has 0 saturated heterocycles. The number of aromatic nitrogens is 3. The SMILES string of the molecule is CCn1cc(-c2cccc(C(=O)NC(C)c3nc4c(s3)CCCC4)c2)cn1. The quantitative estimate of drug-likeness (QED) is 0.714. The maximum Gasteiger partial charge on any atom is 0.251 e. The van der Waals surface area contributed by atoms with Crippen LogP contribution in [0.5, 0.6) is 0 Å². The largest absolute Gasteiger partial charge is 0.343 e. The summed E-state index contributed by atoms with van der Waals surface area (Å²) in [6.07, 6.45) is 8.50. The van der Waals surface area contributed by atoms with Crippen LogP contribution in [0.25, 0.3) is 11.1 Å². The fraction of sp³-hybridized carbons (Fsp3) is 0.381. The number of hydrogen-bond acceptors (Lipinski definition) is 4. The predicted octanol–water partition coefficient (Wildman–Crippen LogP) is 4.40. The van der Waals surface area contributed by atoms with E-state index in [0.29, 0.717) is 5.56 Å². The van der Waals surface area contributed by atoms with E-state index in [9.17, 15) is 4.79 Å². The highest BCUT2D eigenvalue weighted by atomic mass is 32.1. The summed E-state index contributed by atoms with van der Waals surface area (Å²) < 4.78 is 1.88. The number of nitrogens with zero attached hydrogens (tertiary/aromatic N) is 3. The van der Waals surface area contributed by atoms with Gasteiger partial charge in [-0.05, 0) is 57.2 Å². The van der Waals surface area contributed by atoms with Crippen molar-refractivity contribution in [2.24, 2.45) is 0 Å². The molecule has 1 aliphatic rings. The second kappa shape index (κ2) is 7.64. The molecule has 0 aliphatic heterocycles. The topological polar surface area (TPSA) is 59.8 Å². The lowest BCUT2D eigenvalue weighted by Crippen LogP contribution is -2.26. The minimum Gasteiger partial charge on any atom is -0.343 e. The minimum absolute atomic E-state index is 0.0691. The van der Waals surface area contributed by atoms with E-state index in [1.54, 1.807) is 11.3 Å². The molecule has 1 amide bonds. The van der Waals surface area contributed by atoms with E-state index < -0.39 is 0 Å². The highest BCUT2D eigenvalue weighted by molar-refractivity contribution is 7.11. The van der Waals surface area contributed by atoms with Crippen molar-refractivity contribution in [1.82, 2.24) is 20.1 Å². The van der Waals surface area contributed by atoms with Gasteiger partial charge in [0.05, 0.1) is 17.9 Å². The van der Waals surface area contributed by atoms with Crippen molar-refractivity contribution in [1.29, 1.82) is 0 Å². The van der Waals surface area contributed by atoms with Gasteiger partial charge in [0.25, 0.3) is 5.91 Å². The standard InChI is InChI=1S/C21H24N4OS/c1-3-25-13-17(12-22-25)15-7-6-8-16(11-15)20(26)23-14(2)21-24-18-9-4-5-10-19(18)27-21/h6-8,11-14H,3-5,9-10H2,1-2H3,(H,23,26). The number of thiazole rings is 1. The third-order valence-electron chi connectivity index (χ3n) is 5.00. The summed E-state index contributed by atoms with van der Waals surface area (Å²) in [5.41, 5.74) is 3.91. The number of nitrogens with one attached hydrogen (secondary N) is 1. The molecule has 1 atom stereocenters. The Morgan fingerprint density at radius 3 is 2.93 bits per heavy atom. The van der Waals surface area contributed by atoms with Crippen LogP contribution in [0.1, 0.15) is 58.7 Å². The Kier molecular flexibility index (Phi) is 5.07. The molecule has 0 radical (unpaired) electrons. The number of carbonyl (C=O) groups is 1. The van der Waals surface area contributed by atoms with E-state index >= 15 is 0 Å². The molecular formula is C21H24N4OS. The van der Waals surface area contributed by atoms with Crippen LogP contribution in [0.2, 0.25) is 0 Å². The van der Waals surface area contributed by atoms with E-state index in [-0.39, 0.29) is 11.9 Å². The van der Waals surface area contributed by atoms with Crippen LogP contribution in [-0.2, 0) is 19.4 Å². The molecule has 0 fully saturated rings. The maximum atomic E-state index is 12.8. The van der Waals surface area contributed by atoms with Gasteiger partial charge in [0.1, 0.15) is 5.01 Å². The lowest BCUT2D eigenvalue weighted by molar-refractivity contribution is 0.0940. The molecule has 5 nitrogen and oxygen atoms in total. The normalized spacial score (nSPS) is 14.6. The van der Waals surface area contributed by atoms with Gasteiger partial charge in [0, 0.05) is 28.7 Å². The number of rotatable bonds is 5. The molecule has 6 heteroatoms. The van der Waals surface area contributed by atoms with Gasteiger partial charge in [0.2, 0.25) is 0 Å². The zero-order chi connectivity index (χ0) is 18.8. The Labute approximate surface area is 163 Å². The van der Waals surface area contributed by atoms with Crippen molar-refractivity contribution < 1.29 is 4.79 Å². The highest BCUT2D eigenvalue weighted by Gasteiger charge is 2.20. The molecular weight excluding hydrogens is 356 g/mol. The first-order valence-electron chi connectivity index (χ1n) is 9.56. The first-order chi connectivity index (χ1) is 13.1. The second-order valence-electron chi connectivity index (χ2n) is 6.99. The Bertz CT molecular complexity index is 935. The number of aryl methyl sites for hydroxylation is 3.